The Balaban J connectivity index is 3.05. The smallest absolute Gasteiger partial charge is 0.259 e. The van der Waals surface area contributed by atoms with Gasteiger partial charge in [0.1, 0.15) is 5.57 Å². The van der Waals surface area contributed by atoms with Crippen molar-refractivity contribution < 1.29 is 24.2 Å². The molecule has 1 rings (SSSR count). The van der Waals surface area contributed by atoms with Crippen LogP contribution in [0.25, 0.3) is 0 Å². The molecule has 0 saturated heterocycles. The molecular weight excluding hydrogens is 250 g/mol. The molecule has 0 fully saturated rings. The number of ketones is 2. The van der Waals surface area contributed by atoms with Crippen LogP contribution in [0.5, 0.6) is 0 Å². The zero-order valence-corrected chi connectivity index (χ0v) is 10.9. The number of carbonyl (C=O) groups excluding carboxylic acids is 3. The number of ether oxygens (including phenoxy) is 1. The molecule has 0 radical (unpaired) electrons. The van der Waals surface area contributed by atoms with E-state index in [9.17, 15) is 14.4 Å². The van der Waals surface area contributed by atoms with Crippen molar-refractivity contribution in [3.8, 4) is 0 Å². The first-order valence-electron chi connectivity index (χ1n) is 6.08. The van der Waals surface area contributed by atoms with Crippen LogP contribution in [0.3, 0.4) is 0 Å². The molecule has 1 amide bonds. The lowest BCUT2D eigenvalue weighted by atomic mass is 10.0. The highest BCUT2D eigenvalue weighted by molar-refractivity contribution is 6.31. The molecule has 0 aliphatic heterocycles. The van der Waals surface area contributed by atoms with Crippen LogP contribution in [-0.2, 0) is 19.1 Å². The summed E-state index contributed by atoms with van der Waals surface area (Å²) in [7, 11) is 0. The van der Waals surface area contributed by atoms with Crippen LogP contribution < -0.4 is 5.32 Å². The van der Waals surface area contributed by atoms with Crippen molar-refractivity contribution >= 4 is 17.5 Å². The fourth-order valence-electron chi connectivity index (χ4n) is 1.42. The van der Waals surface area contributed by atoms with Gasteiger partial charge in [0, 0.05) is 6.54 Å². The van der Waals surface area contributed by atoms with Crippen molar-refractivity contribution in [1.29, 1.82) is 0 Å². The lowest BCUT2D eigenvalue weighted by Gasteiger charge is -2.18. The summed E-state index contributed by atoms with van der Waals surface area (Å²) in [5, 5.41) is 11.0. The maximum atomic E-state index is 11.8. The quantitative estimate of drug-likeness (QED) is 0.516. The molecular formula is C13H17NO5. The average molecular weight is 267 g/mol. The standard InChI is InChI=1S/C13H17NO5/c1-3-8(2)19-12-10(17)5-4-9(16)11(12)13(18)14-6-7-15/h4-5,8,15H,3,6-7H2,1-2H3,(H,14,18). The van der Waals surface area contributed by atoms with E-state index in [1.54, 1.807) is 6.92 Å². The number of aliphatic hydroxyl groups is 1. The summed E-state index contributed by atoms with van der Waals surface area (Å²) >= 11 is 0. The van der Waals surface area contributed by atoms with Crippen LogP contribution >= 0.6 is 0 Å². The third-order valence-corrected chi connectivity index (χ3v) is 2.60. The molecule has 1 aliphatic rings. The van der Waals surface area contributed by atoms with Crippen LogP contribution in [0.15, 0.2) is 23.5 Å². The number of carbonyl (C=O) groups is 3. The van der Waals surface area contributed by atoms with E-state index in [0.717, 1.165) is 12.2 Å². The lowest BCUT2D eigenvalue weighted by molar-refractivity contribution is -0.124. The number of amides is 1. The molecule has 1 aliphatic carbocycles. The van der Waals surface area contributed by atoms with Gasteiger partial charge in [-0.2, -0.15) is 0 Å². The number of aliphatic hydroxyl groups excluding tert-OH is 1. The number of allylic oxidation sites excluding steroid dienone is 2. The molecule has 6 nitrogen and oxygen atoms in total. The van der Waals surface area contributed by atoms with Gasteiger partial charge in [-0.1, -0.05) is 6.92 Å². The number of hydrogen-bond donors (Lipinski definition) is 2. The average Bonchev–Trinajstić information content (AvgIpc) is 2.40. The summed E-state index contributed by atoms with van der Waals surface area (Å²) in [5.41, 5.74) is -0.304. The van der Waals surface area contributed by atoms with Gasteiger partial charge in [0.05, 0.1) is 12.7 Å². The maximum absolute atomic E-state index is 11.8. The molecule has 1 unspecified atom stereocenters. The largest absolute Gasteiger partial charge is 0.486 e. The van der Waals surface area contributed by atoms with Gasteiger partial charge in [-0.05, 0) is 25.5 Å². The Morgan fingerprint density at radius 1 is 1.37 bits per heavy atom. The van der Waals surface area contributed by atoms with E-state index in [2.05, 4.69) is 5.32 Å². The number of nitrogens with one attached hydrogen (secondary N) is 1. The Hall–Kier alpha value is -1.95. The topological polar surface area (TPSA) is 92.7 Å². The predicted octanol–water partition coefficient (Wildman–Crippen LogP) is -0.128. The van der Waals surface area contributed by atoms with Gasteiger partial charge in [0.25, 0.3) is 5.91 Å². The van der Waals surface area contributed by atoms with E-state index >= 15 is 0 Å². The van der Waals surface area contributed by atoms with Crippen molar-refractivity contribution in [1.82, 2.24) is 5.32 Å². The molecule has 6 heteroatoms. The summed E-state index contributed by atoms with van der Waals surface area (Å²) in [6, 6.07) is 0. The van der Waals surface area contributed by atoms with Gasteiger partial charge in [-0.3, -0.25) is 14.4 Å². The molecule has 0 aromatic rings. The molecule has 0 aromatic heterocycles. The van der Waals surface area contributed by atoms with Gasteiger partial charge >= 0.3 is 0 Å². The summed E-state index contributed by atoms with van der Waals surface area (Å²) in [6.07, 6.45) is 2.49. The van der Waals surface area contributed by atoms with Gasteiger partial charge in [-0.15, -0.1) is 0 Å². The van der Waals surface area contributed by atoms with Crippen molar-refractivity contribution in [3.05, 3.63) is 23.5 Å². The van der Waals surface area contributed by atoms with Crippen LogP contribution in [0, 0.1) is 0 Å². The third kappa shape index (κ3) is 3.75. The fourth-order valence-corrected chi connectivity index (χ4v) is 1.42. The van der Waals surface area contributed by atoms with Crippen LogP contribution in [0.4, 0.5) is 0 Å². The number of hydrogen-bond acceptors (Lipinski definition) is 5. The Bertz CT molecular complexity index is 450. The second-order valence-corrected chi connectivity index (χ2v) is 4.08. The fraction of sp³-hybridized carbons (Fsp3) is 0.462. The molecule has 1 atom stereocenters. The van der Waals surface area contributed by atoms with E-state index in [0.29, 0.717) is 6.42 Å². The van der Waals surface area contributed by atoms with E-state index in [4.69, 9.17) is 9.84 Å². The normalized spacial score (nSPS) is 16.6. The summed E-state index contributed by atoms with van der Waals surface area (Å²) < 4.78 is 5.37. The molecule has 19 heavy (non-hydrogen) atoms. The Morgan fingerprint density at radius 2 is 2.00 bits per heavy atom. The maximum Gasteiger partial charge on any atom is 0.259 e. The monoisotopic (exact) mass is 267 g/mol. The van der Waals surface area contributed by atoms with Crippen molar-refractivity contribution in [2.45, 2.75) is 26.4 Å². The highest BCUT2D eigenvalue weighted by Gasteiger charge is 2.30. The Morgan fingerprint density at radius 3 is 2.58 bits per heavy atom. The molecule has 0 aromatic carbocycles. The molecule has 2 N–H and O–H groups in total. The van der Waals surface area contributed by atoms with Gasteiger partial charge in [0.2, 0.25) is 5.78 Å². The van der Waals surface area contributed by atoms with E-state index in [1.807, 2.05) is 6.92 Å². The minimum atomic E-state index is -0.713. The molecule has 0 bridgehead atoms. The van der Waals surface area contributed by atoms with Crippen LogP contribution in [-0.4, -0.2) is 41.8 Å². The highest BCUT2D eigenvalue weighted by Crippen LogP contribution is 2.18. The molecule has 104 valence electrons. The first kappa shape index (κ1) is 15.1. The Kier molecular flexibility index (Phi) is 5.44. The molecule has 0 spiro atoms. The minimum Gasteiger partial charge on any atom is -0.486 e. The summed E-state index contributed by atoms with van der Waals surface area (Å²) in [4.78, 5) is 35.3. The highest BCUT2D eigenvalue weighted by atomic mass is 16.5. The van der Waals surface area contributed by atoms with Crippen molar-refractivity contribution in [2.24, 2.45) is 0 Å². The van der Waals surface area contributed by atoms with Gasteiger partial charge in [0.15, 0.2) is 11.5 Å². The second kappa shape index (κ2) is 6.84. The predicted molar refractivity (Wildman–Crippen MR) is 67.1 cm³/mol. The zero-order chi connectivity index (χ0) is 14.4. The van der Waals surface area contributed by atoms with Crippen LogP contribution in [0.2, 0.25) is 0 Å². The van der Waals surface area contributed by atoms with Crippen molar-refractivity contribution in [2.75, 3.05) is 13.2 Å². The van der Waals surface area contributed by atoms with E-state index < -0.39 is 17.5 Å². The number of rotatable bonds is 6. The Labute approximate surface area is 111 Å². The van der Waals surface area contributed by atoms with Crippen LogP contribution in [0.1, 0.15) is 20.3 Å². The second-order valence-electron chi connectivity index (χ2n) is 4.08. The lowest BCUT2D eigenvalue weighted by Crippen LogP contribution is -2.34. The SMILES string of the molecule is CCC(C)OC1=C(C(=O)NCCO)C(=O)C=CC1=O. The van der Waals surface area contributed by atoms with E-state index in [1.165, 1.54) is 0 Å². The molecule has 0 heterocycles. The molecule has 0 saturated carbocycles. The minimum absolute atomic E-state index is 0.00410. The first-order chi connectivity index (χ1) is 9.01. The summed E-state index contributed by atoms with van der Waals surface area (Å²) in [6.45, 7) is 3.36. The zero-order valence-electron chi connectivity index (χ0n) is 10.9. The summed E-state index contributed by atoms with van der Waals surface area (Å²) in [5.74, 6) is -2.02. The van der Waals surface area contributed by atoms with Crippen molar-refractivity contribution in [3.63, 3.8) is 0 Å². The third-order valence-electron chi connectivity index (χ3n) is 2.60. The van der Waals surface area contributed by atoms with E-state index in [-0.39, 0.29) is 30.6 Å². The van der Waals surface area contributed by atoms with Gasteiger partial charge < -0.3 is 15.2 Å². The van der Waals surface area contributed by atoms with Gasteiger partial charge in [-0.25, -0.2) is 0 Å². The first-order valence-corrected chi connectivity index (χ1v) is 6.08.